The molecule has 1 N–H and O–H groups in total. The van der Waals surface area contributed by atoms with Crippen LogP contribution in [0, 0.1) is 5.82 Å². The normalized spacial score (nSPS) is 18.3. The molecule has 1 fully saturated rings. The lowest BCUT2D eigenvalue weighted by molar-refractivity contribution is -0.137. The molecule has 1 saturated heterocycles. The van der Waals surface area contributed by atoms with Crippen molar-refractivity contribution in [2.75, 3.05) is 57.2 Å². The van der Waals surface area contributed by atoms with Crippen LogP contribution in [0.15, 0.2) is 40.0 Å². The Kier molecular flexibility index (Phi) is 7.44. The van der Waals surface area contributed by atoms with E-state index in [1.807, 2.05) is 4.90 Å². The van der Waals surface area contributed by atoms with Gasteiger partial charge in [0.25, 0.3) is 0 Å². The second kappa shape index (κ2) is 10.6. The van der Waals surface area contributed by atoms with Crippen molar-refractivity contribution in [3.63, 3.8) is 0 Å². The van der Waals surface area contributed by atoms with E-state index in [1.54, 1.807) is 7.11 Å². The molecule has 0 saturated carbocycles. The van der Waals surface area contributed by atoms with Crippen LogP contribution in [-0.4, -0.2) is 67.9 Å². The first-order valence-electron chi connectivity index (χ1n) is 11.9. The number of benzene rings is 2. The van der Waals surface area contributed by atoms with Crippen molar-refractivity contribution in [2.24, 2.45) is 0 Å². The minimum absolute atomic E-state index is 0.0758. The molecular formula is C25H26F4N4O3S. The van der Waals surface area contributed by atoms with Gasteiger partial charge in [0.15, 0.2) is 0 Å². The topological polar surface area (TPSA) is 68.6 Å². The summed E-state index contributed by atoms with van der Waals surface area (Å²) in [5.41, 5.74) is -0.862. The average Bonchev–Trinajstić information content (AvgIpc) is 3.07. The van der Waals surface area contributed by atoms with Gasteiger partial charge < -0.3 is 19.7 Å². The van der Waals surface area contributed by atoms with Gasteiger partial charge in [0, 0.05) is 54.9 Å². The lowest BCUT2D eigenvalue weighted by Gasteiger charge is -2.30. The molecule has 198 valence electrons. The summed E-state index contributed by atoms with van der Waals surface area (Å²) < 4.78 is 69.8. The van der Waals surface area contributed by atoms with E-state index in [0.717, 1.165) is 18.2 Å². The van der Waals surface area contributed by atoms with Crippen molar-refractivity contribution in [2.45, 2.75) is 23.7 Å². The summed E-state index contributed by atoms with van der Waals surface area (Å²) in [6.45, 7) is 3.04. The molecule has 2 aliphatic heterocycles. The Labute approximate surface area is 214 Å². The van der Waals surface area contributed by atoms with Crippen LogP contribution in [0.25, 0.3) is 22.0 Å². The molecule has 2 aliphatic rings. The molecule has 1 aromatic heterocycles. The summed E-state index contributed by atoms with van der Waals surface area (Å²) in [5.74, 6) is 0.0122. The van der Waals surface area contributed by atoms with Crippen molar-refractivity contribution >= 4 is 28.5 Å². The maximum atomic E-state index is 14.6. The van der Waals surface area contributed by atoms with E-state index in [0.29, 0.717) is 49.0 Å². The zero-order chi connectivity index (χ0) is 26.2. The van der Waals surface area contributed by atoms with E-state index < -0.39 is 29.4 Å². The van der Waals surface area contributed by atoms with E-state index in [9.17, 15) is 22.4 Å². The first-order valence-corrected chi connectivity index (χ1v) is 12.9. The van der Waals surface area contributed by atoms with Crippen LogP contribution in [0.5, 0.6) is 0 Å². The summed E-state index contributed by atoms with van der Waals surface area (Å²) >= 11 is 1.21. The summed E-state index contributed by atoms with van der Waals surface area (Å²) in [6.07, 6.45) is -5.15. The van der Waals surface area contributed by atoms with Gasteiger partial charge in [-0.05, 0) is 23.8 Å². The predicted molar refractivity (Wildman–Crippen MR) is 134 cm³/mol. The van der Waals surface area contributed by atoms with Gasteiger partial charge in [-0.1, -0.05) is 12.1 Å². The van der Waals surface area contributed by atoms with Crippen LogP contribution in [-0.2, 0) is 22.2 Å². The maximum absolute atomic E-state index is 14.6. The maximum Gasteiger partial charge on any atom is 0.417 e. The van der Waals surface area contributed by atoms with Crippen molar-refractivity contribution in [1.29, 1.82) is 0 Å². The van der Waals surface area contributed by atoms with Crippen LogP contribution in [0.3, 0.4) is 0 Å². The summed E-state index contributed by atoms with van der Waals surface area (Å²) in [4.78, 5) is 19.8. The Morgan fingerprint density at radius 2 is 1.89 bits per heavy atom. The minimum atomic E-state index is -4.70. The average molecular weight is 539 g/mol. The number of hydrogen-bond donors (Lipinski definition) is 1. The Morgan fingerprint density at radius 1 is 1.16 bits per heavy atom. The highest BCUT2D eigenvalue weighted by atomic mass is 32.2. The molecule has 3 aromatic rings. The molecule has 0 amide bonds. The number of nitrogens with one attached hydrogen (secondary N) is 1. The Hall–Kier alpha value is -2.67. The van der Waals surface area contributed by atoms with E-state index in [-0.39, 0.29) is 35.5 Å². The largest absolute Gasteiger partial charge is 0.417 e. The van der Waals surface area contributed by atoms with Crippen LogP contribution in [0.4, 0.5) is 23.4 Å². The number of rotatable bonds is 6. The van der Waals surface area contributed by atoms with Crippen molar-refractivity contribution in [3.8, 4) is 11.1 Å². The fourth-order valence-electron chi connectivity index (χ4n) is 4.78. The Bertz CT molecular complexity index is 1340. The third-order valence-electron chi connectivity index (χ3n) is 6.49. The van der Waals surface area contributed by atoms with E-state index in [2.05, 4.69) is 10.3 Å². The lowest BCUT2D eigenvalue weighted by Crippen LogP contribution is -2.45. The quantitative estimate of drug-likeness (QED) is 0.379. The SMILES string of the molecule is COCCO[C@@H]1CSc2c(-c3ccc(F)cc3)c(C(F)(F)F)cc3c(N4CCNCC4)nc(=O)n(c23)C1. The first kappa shape index (κ1) is 26.0. The number of hydrogen-bond acceptors (Lipinski definition) is 7. The van der Waals surface area contributed by atoms with Gasteiger partial charge in [0.2, 0.25) is 0 Å². The van der Waals surface area contributed by atoms with E-state index in [1.165, 1.54) is 28.5 Å². The summed E-state index contributed by atoms with van der Waals surface area (Å²) in [5, 5.41) is 3.47. The molecule has 0 aliphatic carbocycles. The number of anilines is 1. The molecule has 37 heavy (non-hydrogen) atoms. The third kappa shape index (κ3) is 5.20. The minimum Gasteiger partial charge on any atom is -0.382 e. The van der Waals surface area contributed by atoms with Gasteiger partial charge >= 0.3 is 11.9 Å². The van der Waals surface area contributed by atoms with Gasteiger partial charge in [-0.3, -0.25) is 4.57 Å². The summed E-state index contributed by atoms with van der Waals surface area (Å²) in [6, 6.07) is 6.03. The van der Waals surface area contributed by atoms with Crippen LogP contribution >= 0.6 is 11.8 Å². The number of alkyl halides is 3. The molecule has 0 unspecified atom stereocenters. The molecule has 12 heteroatoms. The molecule has 0 bridgehead atoms. The molecule has 0 spiro atoms. The van der Waals surface area contributed by atoms with Gasteiger partial charge in [-0.15, -0.1) is 11.8 Å². The van der Waals surface area contributed by atoms with Crippen LogP contribution < -0.4 is 15.9 Å². The lowest BCUT2D eigenvalue weighted by atomic mass is 9.96. The molecule has 3 heterocycles. The van der Waals surface area contributed by atoms with Gasteiger partial charge in [-0.25, -0.2) is 9.18 Å². The molecular weight excluding hydrogens is 512 g/mol. The highest BCUT2D eigenvalue weighted by Gasteiger charge is 2.38. The highest BCUT2D eigenvalue weighted by molar-refractivity contribution is 7.99. The van der Waals surface area contributed by atoms with Crippen molar-refractivity contribution < 1.29 is 27.0 Å². The van der Waals surface area contributed by atoms with Gasteiger partial charge in [-0.2, -0.15) is 18.2 Å². The number of thioether (sulfide) groups is 1. The number of piperazine rings is 1. The Balaban J connectivity index is 1.80. The number of methoxy groups -OCH3 is 1. The standard InChI is InChI=1S/C25H26F4N4O3S/c1-35-10-11-36-17-13-33-21-18(23(31-24(33)34)32-8-6-30-7-9-32)12-19(25(27,28)29)20(22(21)37-14-17)15-2-4-16(26)5-3-15/h2-5,12,17,30H,6-11,13-14H2,1H3/t17-/m0/s1. The fraction of sp³-hybridized carbons (Fsp3) is 0.440. The number of ether oxygens (including phenoxy) is 2. The second-order valence-electron chi connectivity index (χ2n) is 8.89. The molecule has 5 rings (SSSR count). The third-order valence-corrected chi connectivity index (χ3v) is 7.72. The molecule has 0 radical (unpaired) electrons. The zero-order valence-electron chi connectivity index (χ0n) is 20.1. The summed E-state index contributed by atoms with van der Waals surface area (Å²) in [7, 11) is 1.54. The predicted octanol–water partition coefficient (Wildman–Crippen LogP) is 3.77. The van der Waals surface area contributed by atoms with E-state index in [4.69, 9.17) is 9.47 Å². The first-order chi connectivity index (χ1) is 17.8. The number of halogens is 4. The molecule has 2 aromatic carbocycles. The zero-order valence-corrected chi connectivity index (χ0v) is 20.9. The Morgan fingerprint density at radius 3 is 2.57 bits per heavy atom. The van der Waals surface area contributed by atoms with E-state index >= 15 is 0 Å². The number of nitrogens with zero attached hydrogens (tertiary/aromatic N) is 3. The van der Waals surface area contributed by atoms with Crippen LogP contribution in [0.2, 0.25) is 0 Å². The molecule has 7 nitrogen and oxygen atoms in total. The van der Waals surface area contributed by atoms with Gasteiger partial charge in [0.05, 0.1) is 36.9 Å². The number of aromatic nitrogens is 2. The highest BCUT2D eigenvalue weighted by Crippen LogP contribution is 2.48. The van der Waals surface area contributed by atoms with Crippen molar-refractivity contribution in [1.82, 2.24) is 14.9 Å². The van der Waals surface area contributed by atoms with Gasteiger partial charge in [0.1, 0.15) is 11.6 Å². The monoisotopic (exact) mass is 538 g/mol. The smallest absolute Gasteiger partial charge is 0.382 e. The molecule has 1 atom stereocenters. The second-order valence-corrected chi connectivity index (χ2v) is 9.92. The fourth-order valence-corrected chi connectivity index (χ4v) is 6.06. The van der Waals surface area contributed by atoms with Crippen molar-refractivity contribution in [3.05, 3.63) is 52.2 Å². The van der Waals surface area contributed by atoms with Crippen LogP contribution in [0.1, 0.15) is 5.56 Å².